The Bertz CT molecular complexity index is 861. The number of aliphatic imine (C=N–C) groups is 1. The molecule has 0 bridgehead atoms. The highest BCUT2D eigenvalue weighted by molar-refractivity contribution is 14.0. The van der Waals surface area contributed by atoms with Crippen molar-refractivity contribution >= 4 is 41.5 Å². The van der Waals surface area contributed by atoms with Crippen LogP contribution in [0.15, 0.2) is 47.6 Å². The van der Waals surface area contributed by atoms with Gasteiger partial charge in [0.25, 0.3) is 0 Å². The highest BCUT2D eigenvalue weighted by Gasteiger charge is 2.21. The molecule has 0 unspecified atom stereocenters. The number of anilines is 1. The Morgan fingerprint density at radius 1 is 1.16 bits per heavy atom. The molecule has 1 aromatic carbocycles. The molecule has 2 aromatic rings. The molecular weight excluding hydrogens is 510 g/mol. The van der Waals surface area contributed by atoms with Crippen LogP contribution in [0.25, 0.3) is 0 Å². The molecule has 170 valence electrons. The smallest absolute Gasteiger partial charge is 0.224 e. The lowest BCUT2D eigenvalue weighted by Gasteiger charge is -2.36. The normalized spacial score (nSPS) is 14.3. The minimum absolute atomic E-state index is 0. The van der Waals surface area contributed by atoms with Gasteiger partial charge < -0.3 is 24.6 Å². The first-order valence-corrected chi connectivity index (χ1v) is 10.3. The molecule has 9 heteroatoms. The van der Waals surface area contributed by atoms with E-state index in [0.29, 0.717) is 26.1 Å². The summed E-state index contributed by atoms with van der Waals surface area (Å²) >= 11 is 0. The molecule has 0 spiro atoms. The second kappa shape index (κ2) is 11.9. The van der Waals surface area contributed by atoms with E-state index in [2.05, 4.69) is 25.8 Å². The number of rotatable bonds is 6. The molecule has 1 aliphatic rings. The van der Waals surface area contributed by atoms with Crippen LogP contribution in [0.1, 0.15) is 12.1 Å². The second-order valence-electron chi connectivity index (χ2n) is 7.53. The SMILES string of the molecule is CN=C(NCCC(=O)N1CCN(c2ccc(F)cc2)CC1)N(C)Cc1cccn1C.I. The summed E-state index contributed by atoms with van der Waals surface area (Å²) in [5.41, 5.74) is 2.19. The van der Waals surface area contributed by atoms with Gasteiger partial charge in [-0.05, 0) is 36.4 Å². The molecule has 1 saturated heterocycles. The highest BCUT2D eigenvalue weighted by atomic mass is 127. The zero-order valence-electron chi connectivity index (χ0n) is 18.4. The number of carbonyl (C=O) groups is 1. The minimum Gasteiger partial charge on any atom is -0.368 e. The van der Waals surface area contributed by atoms with Crippen molar-refractivity contribution < 1.29 is 9.18 Å². The van der Waals surface area contributed by atoms with Crippen LogP contribution in [-0.4, -0.2) is 73.1 Å². The average Bonchev–Trinajstić information content (AvgIpc) is 3.16. The topological polar surface area (TPSA) is 56.1 Å². The Balaban J connectivity index is 0.00000341. The number of nitrogens with zero attached hydrogens (tertiary/aromatic N) is 5. The standard InChI is InChI=1S/C22H31FN6O.HI/c1-24-22(27(3)17-20-5-4-12-26(20)2)25-11-10-21(30)29-15-13-28(14-16-29)19-8-6-18(23)7-9-19;/h4-9,12H,10-11,13-17H2,1-3H3,(H,24,25);1H. The lowest BCUT2D eigenvalue weighted by Crippen LogP contribution is -2.49. The molecule has 0 aliphatic carbocycles. The number of piperazine rings is 1. The number of hydrogen-bond donors (Lipinski definition) is 1. The van der Waals surface area contributed by atoms with E-state index in [1.165, 1.54) is 17.8 Å². The van der Waals surface area contributed by atoms with Gasteiger partial charge in [0, 0.05) is 77.9 Å². The van der Waals surface area contributed by atoms with Gasteiger partial charge in [0.1, 0.15) is 5.82 Å². The average molecular weight is 542 g/mol. The molecule has 3 rings (SSSR count). The summed E-state index contributed by atoms with van der Waals surface area (Å²) in [7, 11) is 5.76. The van der Waals surface area contributed by atoms with Crippen LogP contribution in [0.3, 0.4) is 0 Å². The summed E-state index contributed by atoms with van der Waals surface area (Å²) in [6.07, 6.45) is 2.45. The third-order valence-corrected chi connectivity index (χ3v) is 5.47. The quantitative estimate of drug-likeness (QED) is 0.347. The van der Waals surface area contributed by atoms with Crippen LogP contribution in [0.2, 0.25) is 0 Å². The van der Waals surface area contributed by atoms with E-state index in [-0.39, 0.29) is 35.7 Å². The number of benzene rings is 1. The Kier molecular flexibility index (Phi) is 9.60. The molecule has 0 atom stereocenters. The van der Waals surface area contributed by atoms with Gasteiger partial charge in [-0.25, -0.2) is 4.39 Å². The molecule has 1 fully saturated rings. The number of hydrogen-bond acceptors (Lipinski definition) is 3. The van der Waals surface area contributed by atoms with Gasteiger partial charge >= 0.3 is 0 Å². The first-order valence-electron chi connectivity index (χ1n) is 10.3. The summed E-state index contributed by atoms with van der Waals surface area (Å²) in [4.78, 5) is 23.0. The number of halogens is 2. The van der Waals surface area contributed by atoms with Gasteiger partial charge in [0.05, 0.1) is 6.54 Å². The Hall–Kier alpha value is -2.30. The van der Waals surface area contributed by atoms with Crippen molar-refractivity contribution in [3.63, 3.8) is 0 Å². The molecule has 1 aliphatic heterocycles. The van der Waals surface area contributed by atoms with Crippen LogP contribution < -0.4 is 10.2 Å². The Morgan fingerprint density at radius 3 is 2.42 bits per heavy atom. The van der Waals surface area contributed by atoms with Crippen LogP contribution >= 0.6 is 24.0 Å². The summed E-state index contributed by atoms with van der Waals surface area (Å²) < 4.78 is 15.2. The van der Waals surface area contributed by atoms with Gasteiger partial charge in [-0.15, -0.1) is 24.0 Å². The van der Waals surface area contributed by atoms with Crippen LogP contribution in [-0.2, 0) is 18.4 Å². The molecule has 1 amide bonds. The van der Waals surface area contributed by atoms with Gasteiger partial charge in [0.2, 0.25) is 5.91 Å². The van der Waals surface area contributed by atoms with Gasteiger partial charge in [-0.2, -0.15) is 0 Å². The first-order chi connectivity index (χ1) is 14.5. The number of carbonyl (C=O) groups excluding carboxylic acids is 1. The van der Waals surface area contributed by atoms with E-state index in [4.69, 9.17) is 0 Å². The van der Waals surface area contributed by atoms with Crippen molar-refractivity contribution in [1.82, 2.24) is 19.7 Å². The summed E-state index contributed by atoms with van der Waals surface area (Å²) in [6, 6.07) is 10.6. The molecule has 1 aromatic heterocycles. The third kappa shape index (κ3) is 6.84. The molecule has 31 heavy (non-hydrogen) atoms. The molecule has 1 N–H and O–H groups in total. The van der Waals surface area contributed by atoms with E-state index in [9.17, 15) is 9.18 Å². The fraction of sp³-hybridized carbons (Fsp3) is 0.455. The zero-order valence-corrected chi connectivity index (χ0v) is 20.8. The van der Waals surface area contributed by atoms with Crippen molar-refractivity contribution in [3.05, 3.63) is 54.1 Å². The van der Waals surface area contributed by atoms with E-state index < -0.39 is 0 Å². The van der Waals surface area contributed by atoms with E-state index in [0.717, 1.165) is 31.3 Å². The summed E-state index contributed by atoms with van der Waals surface area (Å²) in [5.74, 6) is 0.677. The van der Waals surface area contributed by atoms with Crippen LogP contribution in [0.5, 0.6) is 0 Å². The fourth-order valence-corrected chi connectivity index (χ4v) is 3.67. The number of amides is 1. The Morgan fingerprint density at radius 2 is 1.84 bits per heavy atom. The monoisotopic (exact) mass is 542 g/mol. The Labute approximate surface area is 200 Å². The predicted molar refractivity (Wildman–Crippen MR) is 133 cm³/mol. The molecule has 0 radical (unpaired) electrons. The zero-order chi connectivity index (χ0) is 21.5. The van der Waals surface area contributed by atoms with E-state index >= 15 is 0 Å². The second-order valence-corrected chi connectivity index (χ2v) is 7.53. The van der Waals surface area contributed by atoms with Gasteiger partial charge in [0.15, 0.2) is 5.96 Å². The molecule has 2 heterocycles. The first kappa shape index (κ1) is 25.0. The summed E-state index contributed by atoms with van der Waals surface area (Å²) in [5, 5.41) is 3.28. The van der Waals surface area contributed by atoms with E-state index in [1.807, 2.05) is 36.2 Å². The van der Waals surface area contributed by atoms with Crippen LogP contribution in [0, 0.1) is 5.82 Å². The van der Waals surface area contributed by atoms with E-state index in [1.54, 1.807) is 19.2 Å². The summed E-state index contributed by atoms with van der Waals surface area (Å²) in [6.45, 7) is 4.15. The third-order valence-electron chi connectivity index (χ3n) is 5.47. The lowest BCUT2D eigenvalue weighted by atomic mass is 10.2. The van der Waals surface area contributed by atoms with Crippen molar-refractivity contribution in [2.24, 2.45) is 12.0 Å². The molecule has 0 saturated carbocycles. The maximum Gasteiger partial charge on any atom is 0.224 e. The minimum atomic E-state index is -0.232. The lowest BCUT2D eigenvalue weighted by molar-refractivity contribution is -0.131. The van der Waals surface area contributed by atoms with Crippen molar-refractivity contribution in [1.29, 1.82) is 0 Å². The highest BCUT2D eigenvalue weighted by Crippen LogP contribution is 2.17. The van der Waals surface area contributed by atoms with Gasteiger partial charge in [-0.1, -0.05) is 0 Å². The van der Waals surface area contributed by atoms with Crippen molar-refractivity contribution in [3.8, 4) is 0 Å². The number of aryl methyl sites for hydroxylation is 1. The number of guanidine groups is 1. The van der Waals surface area contributed by atoms with Crippen molar-refractivity contribution in [2.45, 2.75) is 13.0 Å². The largest absolute Gasteiger partial charge is 0.368 e. The molecule has 7 nitrogen and oxygen atoms in total. The van der Waals surface area contributed by atoms with Crippen molar-refractivity contribution in [2.75, 3.05) is 51.7 Å². The molecular formula is C22H32FIN6O. The maximum atomic E-state index is 13.1. The fourth-order valence-electron chi connectivity index (χ4n) is 3.67. The predicted octanol–water partition coefficient (Wildman–Crippen LogP) is 2.53. The number of nitrogens with one attached hydrogen (secondary N) is 1. The van der Waals surface area contributed by atoms with Crippen LogP contribution in [0.4, 0.5) is 10.1 Å². The number of aromatic nitrogens is 1. The maximum absolute atomic E-state index is 13.1. The van der Waals surface area contributed by atoms with Gasteiger partial charge in [-0.3, -0.25) is 9.79 Å².